The summed E-state index contributed by atoms with van der Waals surface area (Å²) >= 11 is 0. The van der Waals surface area contributed by atoms with E-state index in [2.05, 4.69) is 30.4 Å². The van der Waals surface area contributed by atoms with Gasteiger partial charge in [0.1, 0.15) is 0 Å². The van der Waals surface area contributed by atoms with Crippen molar-refractivity contribution in [3.63, 3.8) is 0 Å². The predicted molar refractivity (Wildman–Crippen MR) is 83.1 cm³/mol. The third kappa shape index (κ3) is 2.71. The van der Waals surface area contributed by atoms with Gasteiger partial charge in [0, 0.05) is 12.5 Å². The number of carbonyl (C=O) groups is 1. The van der Waals surface area contributed by atoms with E-state index in [9.17, 15) is 9.90 Å². The summed E-state index contributed by atoms with van der Waals surface area (Å²) in [5.74, 6) is 0.352. The molecule has 3 nitrogen and oxygen atoms in total. The fraction of sp³-hybridized carbons (Fsp3) is 0.611. The lowest BCUT2D eigenvalue weighted by Gasteiger charge is -2.35. The minimum absolute atomic E-state index is 0.119. The number of hydrogen-bond donors (Lipinski definition) is 2. The fourth-order valence-electron chi connectivity index (χ4n) is 3.95. The molecule has 21 heavy (non-hydrogen) atoms. The van der Waals surface area contributed by atoms with Gasteiger partial charge in [-0.3, -0.25) is 4.79 Å². The highest BCUT2D eigenvalue weighted by atomic mass is 16.3. The first-order valence-electron chi connectivity index (χ1n) is 8.16. The molecule has 1 aromatic rings. The zero-order valence-electron chi connectivity index (χ0n) is 12.8. The number of carbonyl (C=O) groups excluding carboxylic acids is 1. The summed E-state index contributed by atoms with van der Waals surface area (Å²) in [6, 6.07) is 8.31. The van der Waals surface area contributed by atoms with E-state index in [1.807, 2.05) is 6.07 Å². The van der Waals surface area contributed by atoms with Crippen LogP contribution in [0.15, 0.2) is 24.3 Å². The number of hydrogen-bond acceptors (Lipinski definition) is 2. The van der Waals surface area contributed by atoms with E-state index in [1.54, 1.807) is 0 Å². The second kappa shape index (κ2) is 5.80. The number of nitrogens with one attached hydrogen (secondary N) is 1. The zero-order valence-corrected chi connectivity index (χ0v) is 12.8. The Balaban J connectivity index is 1.72. The van der Waals surface area contributed by atoms with Crippen molar-refractivity contribution in [1.29, 1.82) is 0 Å². The molecule has 0 spiro atoms. The lowest BCUT2D eigenvalue weighted by atomic mass is 9.70. The van der Waals surface area contributed by atoms with Crippen LogP contribution in [0.4, 0.5) is 0 Å². The Morgan fingerprint density at radius 2 is 2.14 bits per heavy atom. The maximum atomic E-state index is 12.8. The Labute approximate surface area is 126 Å². The van der Waals surface area contributed by atoms with Crippen LogP contribution in [0.3, 0.4) is 0 Å². The molecule has 2 aliphatic rings. The largest absolute Gasteiger partial charge is 0.393 e. The van der Waals surface area contributed by atoms with E-state index in [1.165, 1.54) is 11.1 Å². The summed E-state index contributed by atoms with van der Waals surface area (Å²) in [7, 11) is 0. The highest BCUT2D eigenvalue weighted by molar-refractivity contribution is 5.88. The van der Waals surface area contributed by atoms with Gasteiger partial charge >= 0.3 is 0 Å². The van der Waals surface area contributed by atoms with Crippen LogP contribution in [0.5, 0.6) is 0 Å². The topological polar surface area (TPSA) is 49.3 Å². The van der Waals surface area contributed by atoms with Gasteiger partial charge in [0.2, 0.25) is 5.91 Å². The highest BCUT2D eigenvalue weighted by Crippen LogP contribution is 2.37. The van der Waals surface area contributed by atoms with Crippen LogP contribution in [-0.4, -0.2) is 23.7 Å². The molecular formula is C18H25NO2. The van der Waals surface area contributed by atoms with Gasteiger partial charge < -0.3 is 10.4 Å². The summed E-state index contributed by atoms with van der Waals surface area (Å²) in [6.07, 6.45) is 5.77. The van der Waals surface area contributed by atoms with Crippen molar-refractivity contribution in [2.75, 3.05) is 6.54 Å². The number of fused-ring (bicyclic) bond motifs is 1. The molecule has 2 aliphatic carbocycles. The maximum absolute atomic E-state index is 12.8. The third-order valence-corrected chi connectivity index (χ3v) is 5.38. The van der Waals surface area contributed by atoms with Gasteiger partial charge in [0.15, 0.2) is 0 Å². The molecule has 1 saturated carbocycles. The van der Waals surface area contributed by atoms with Crippen molar-refractivity contribution in [2.45, 2.75) is 57.0 Å². The van der Waals surface area contributed by atoms with Crippen molar-refractivity contribution < 1.29 is 9.90 Å². The molecule has 0 saturated heterocycles. The molecule has 1 amide bonds. The van der Waals surface area contributed by atoms with Gasteiger partial charge in [-0.15, -0.1) is 0 Å². The zero-order chi connectivity index (χ0) is 14.9. The first-order chi connectivity index (χ1) is 10.1. The first-order valence-corrected chi connectivity index (χ1v) is 8.16. The van der Waals surface area contributed by atoms with Gasteiger partial charge in [-0.05, 0) is 50.2 Å². The maximum Gasteiger partial charge on any atom is 0.230 e. The minimum atomic E-state index is -0.418. The van der Waals surface area contributed by atoms with Gasteiger partial charge in [-0.1, -0.05) is 30.7 Å². The molecule has 2 N–H and O–H groups in total. The number of aliphatic hydroxyl groups is 1. The van der Waals surface area contributed by atoms with Gasteiger partial charge in [0.05, 0.1) is 11.5 Å². The third-order valence-electron chi connectivity index (χ3n) is 5.38. The molecule has 114 valence electrons. The van der Waals surface area contributed by atoms with Gasteiger partial charge in [-0.2, -0.15) is 0 Å². The summed E-state index contributed by atoms with van der Waals surface area (Å²) in [4.78, 5) is 12.8. The number of rotatable bonds is 3. The van der Waals surface area contributed by atoms with E-state index in [0.29, 0.717) is 6.54 Å². The second-order valence-electron chi connectivity index (χ2n) is 6.81. The first kappa shape index (κ1) is 14.6. The fourth-order valence-corrected chi connectivity index (χ4v) is 3.95. The molecule has 1 aromatic carbocycles. The van der Waals surface area contributed by atoms with E-state index in [4.69, 9.17) is 0 Å². The van der Waals surface area contributed by atoms with Crippen molar-refractivity contribution in [3.05, 3.63) is 35.4 Å². The van der Waals surface area contributed by atoms with E-state index in [0.717, 1.165) is 38.5 Å². The standard InChI is InChI=1S/C18H25NO2/c1-18(11-5-8-13-6-2-3-9-15(13)18)17(21)19-12-14-7-4-10-16(14)20/h2-3,6,9,14,16,20H,4-5,7-8,10-12H2,1H3,(H,19,21). The predicted octanol–water partition coefficient (Wildman–Crippen LogP) is 2.56. The van der Waals surface area contributed by atoms with Crippen molar-refractivity contribution in [3.8, 4) is 0 Å². The Hall–Kier alpha value is -1.35. The quantitative estimate of drug-likeness (QED) is 0.897. The highest BCUT2D eigenvalue weighted by Gasteiger charge is 2.39. The molecule has 3 rings (SSSR count). The smallest absolute Gasteiger partial charge is 0.230 e. The molecule has 0 aromatic heterocycles. The van der Waals surface area contributed by atoms with Crippen molar-refractivity contribution in [2.24, 2.45) is 5.92 Å². The molecule has 0 bridgehead atoms. The Morgan fingerprint density at radius 1 is 1.33 bits per heavy atom. The number of amides is 1. The van der Waals surface area contributed by atoms with Gasteiger partial charge in [-0.25, -0.2) is 0 Å². The molecule has 3 unspecified atom stereocenters. The average molecular weight is 287 g/mol. The molecule has 0 heterocycles. The van der Waals surface area contributed by atoms with Crippen LogP contribution in [0.2, 0.25) is 0 Å². The second-order valence-corrected chi connectivity index (χ2v) is 6.81. The summed E-state index contributed by atoms with van der Waals surface area (Å²) in [5.41, 5.74) is 2.07. The minimum Gasteiger partial charge on any atom is -0.393 e. The molecule has 0 radical (unpaired) electrons. The number of benzene rings is 1. The normalized spacial score (nSPS) is 31.7. The lowest BCUT2D eigenvalue weighted by molar-refractivity contribution is -0.127. The van der Waals surface area contributed by atoms with Crippen LogP contribution >= 0.6 is 0 Å². The average Bonchev–Trinajstić information content (AvgIpc) is 2.90. The van der Waals surface area contributed by atoms with E-state index >= 15 is 0 Å². The van der Waals surface area contributed by atoms with Gasteiger partial charge in [0.25, 0.3) is 0 Å². The summed E-state index contributed by atoms with van der Waals surface area (Å²) in [6.45, 7) is 2.67. The van der Waals surface area contributed by atoms with Crippen LogP contribution in [0.25, 0.3) is 0 Å². The summed E-state index contributed by atoms with van der Waals surface area (Å²) in [5, 5.41) is 13.0. The Bertz CT molecular complexity index is 528. The van der Waals surface area contributed by atoms with Crippen molar-refractivity contribution in [1.82, 2.24) is 5.32 Å². The van der Waals surface area contributed by atoms with Crippen LogP contribution in [0.1, 0.15) is 50.2 Å². The SMILES string of the molecule is CC1(C(=O)NCC2CCCC2O)CCCc2ccccc21. The summed E-state index contributed by atoms with van der Waals surface area (Å²) < 4.78 is 0. The number of aliphatic hydroxyl groups excluding tert-OH is 1. The Morgan fingerprint density at radius 3 is 2.90 bits per heavy atom. The lowest BCUT2D eigenvalue weighted by Crippen LogP contribution is -2.46. The van der Waals surface area contributed by atoms with Crippen LogP contribution in [0, 0.1) is 5.92 Å². The van der Waals surface area contributed by atoms with Crippen LogP contribution < -0.4 is 5.32 Å². The molecule has 3 heteroatoms. The van der Waals surface area contributed by atoms with Crippen molar-refractivity contribution >= 4 is 5.91 Å². The monoisotopic (exact) mass is 287 g/mol. The number of aryl methyl sites for hydroxylation is 1. The Kier molecular flexibility index (Phi) is 4.03. The van der Waals surface area contributed by atoms with E-state index < -0.39 is 5.41 Å². The molecule has 0 aliphatic heterocycles. The van der Waals surface area contributed by atoms with E-state index in [-0.39, 0.29) is 17.9 Å². The molecular weight excluding hydrogens is 262 g/mol. The van der Waals surface area contributed by atoms with Crippen LogP contribution in [-0.2, 0) is 16.6 Å². The molecule has 3 atom stereocenters. The molecule has 1 fully saturated rings.